The lowest BCUT2D eigenvalue weighted by Gasteiger charge is -2.01. The van der Waals surface area contributed by atoms with E-state index < -0.39 is 10.0 Å². The molecule has 0 fully saturated rings. The molecule has 0 bridgehead atoms. The molecular formula is C14H16N4O2S2. The molecule has 0 saturated carbocycles. The second-order valence-corrected chi connectivity index (χ2v) is 7.63. The third-order valence-corrected chi connectivity index (χ3v) is 5.55. The van der Waals surface area contributed by atoms with Gasteiger partial charge in [-0.1, -0.05) is 43.2 Å². The van der Waals surface area contributed by atoms with E-state index in [0.717, 1.165) is 24.3 Å². The summed E-state index contributed by atoms with van der Waals surface area (Å²) in [5.41, 5.74) is 0.574. The van der Waals surface area contributed by atoms with Gasteiger partial charge in [-0.15, -0.1) is 14.6 Å². The predicted molar refractivity (Wildman–Crippen MR) is 86.9 cm³/mol. The van der Waals surface area contributed by atoms with Crippen LogP contribution in [0.1, 0.15) is 36.8 Å². The minimum atomic E-state index is -3.60. The van der Waals surface area contributed by atoms with E-state index in [9.17, 15) is 8.42 Å². The molecule has 0 spiro atoms. The highest BCUT2D eigenvalue weighted by Gasteiger charge is 2.28. The molecule has 1 aromatic heterocycles. The van der Waals surface area contributed by atoms with Crippen LogP contribution in [0, 0.1) is 0 Å². The third-order valence-electron chi connectivity index (χ3n) is 3.32. The van der Waals surface area contributed by atoms with Crippen molar-refractivity contribution in [2.45, 2.75) is 37.5 Å². The van der Waals surface area contributed by atoms with Crippen molar-refractivity contribution in [1.29, 1.82) is 0 Å². The SMILES string of the molecule is CCCCCc1nnc(NC2=NS(=O)(=O)c3ccccc32)s1. The quantitative estimate of drug-likeness (QED) is 0.849. The maximum Gasteiger partial charge on any atom is 0.285 e. The normalized spacial score (nSPS) is 15.4. The summed E-state index contributed by atoms with van der Waals surface area (Å²) in [4.78, 5) is 0.227. The molecule has 2 heterocycles. The lowest BCUT2D eigenvalue weighted by atomic mass is 10.2. The van der Waals surface area contributed by atoms with Gasteiger partial charge in [0.2, 0.25) is 5.13 Å². The molecule has 116 valence electrons. The number of aryl methyl sites for hydroxylation is 1. The molecule has 0 saturated heterocycles. The van der Waals surface area contributed by atoms with Crippen LogP contribution in [0.15, 0.2) is 33.6 Å². The molecular weight excluding hydrogens is 320 g/mol. The van der Waals surface area contributed by atoms with Gasteiger partial charge in [-0.05, 0) is 18.6 Å². The zero-order valence-corrected chi connectivity index (χ0v) is 13.7. The second-order valence-electron chi connectivity index (χ2n) is 4.99. The number of aromatic nitrogens is 2. The molecule has 1 aromatic carbocycles. The molecule has 6 nitrogen and oxygen atoms in total. The van der Waals surface area contributed by atoms with Crippen molar-refractivity contribution in [2.75, 3.05) is 5.32 Å². The van der Waals surface area contributed by atoms with E-state index in [1.165, 1.54) is 17.8 Å². The summed E-state index contributed by atoms with van der Waals surface area (Å²) in [5.74, 6) is 0.312. The summed E-state index contributed by atoms with van der Waals surface area (Å²) in [7, 11) is -3.60. The number of nitrogens with zero attached hydrogens (tertiary/aromatic N) is 3. The Morgan fingerprint density at radius 1 is 1.18 bits per heavy atom. The van der Waals surface area contributed by atoms with Crippen molar-refractivity contribution >= 4 is 32.3 Å². The number of fused-ring (bicyclic) bond motifs is 1. The number of sulfonamides is 1. The number of amidine groups is 1. The Hall–Kier alpha value is -1.80. The molecule has 1 aliphatic rings. The predicted octanol–water partition coefficient (Wildman–Crippen LogP) is 2.83. The maximum absolute atomic E-state index is 12.0. The third kappa shape index (κ3) is 3.02. The van der Waals surface area contributed by atoms with Crippen LogP contribution in [-0.2, 0) is 16.4 Å². The largest absolute Gasteiger partial charge is 0.314 e. The molecule has 0 amide bonds. The van der Waals surface area contributed by atoms with E-state index in [0.29, 0.717) is 16.5 Å². The van der Waals surface area contributed by atoms with Gasteiger partial charge in [0.05, 0.1) is 0 Å². The highest BCUT2D eigenvalue weighted by atomic mass is 32.2. The van der Waals surface area contributed by atoms with Crippen LogP contribution in [-0.4, -0.2) is 24.5 Å². The van der Waals surface area contributed by atoms with Crippen molar-refractivity contribution in [2.24, 2.45) is 4.40 Å². The molecule has 22 heavy (non-hydrogen) atoms. The fourth-order valence-electron chi connectivity index (χ4n) is 2.23. The number of nitrogens with one attached hydrogen (secondary N) is 1. The highest BCUT2D eigenvalue weighted by Crippen LogP contribution is 2.27. The Labute approximate surface area is 133 Å². The fourth-order valence-corrected chi connectivity index (χ4v) is 4.19. The molecule has 0 radical (unpaired) electrons. The summed E-state index contributed by atoms with van der Waals surface area (Å²) in [6.45, 7) is 2.16. The van der Waals surface area contributed by atoms with Gasteiger partial charge in [0.1, 0.15) is 9.90 Å². The van der Waals surface area contributed by atoms with Crippen LogP contribution >= 0.6 is 11.3 Å². The summed E-state index contributed by atoms with van der Waals surface area (Å²) >= 11 is 1.44. The molecule has 3 rings (SSSR count). The Bertz CT molecular complexity index is 812. The van der Waals surface area contributed by atoms with Gasteiger partial charge in [0.15, 0.2) is 5.84 Å². The van der Waals surface area contributed by atoms with E-state index in [-0.39, 0.29) is 4.90 Å². The minimum absolute atomic E-state index is 0.227. The van der Waals surface area contributed by atoms with Gasteiger partial charge in [0.25, 0.3) is 10.0 Å². The average Bonchev–Trinajstić information content (AvgIpc) is 3.04. The molecule has 8 heteroatoms. The first-order valence-electron chi connectivity index (χ1n) is 7.14. The van der Waals surface area contributed by atoms with Crippen molar-refractivity contribution in [1.82, 2.24) is 10.2 Å². The standard InChI is InChI=1S/C14H16N4O2S2/c1-2-3-4-9-12-16-17-14(21-12)15-13-10-7-5-6-8-11(10)22(19,20)18-13/h5-8H,2-4,9H2,1H3,(H,15,17,18). The number of benzene rings is 1. The van der Waals surface area contributed by atoms with Crippen LogP contribution in [0.5, 0.6) is 0 Å². The maximum atomic E-state index is 12.0. The number of hydrogen-bond donors (Lipinski definition) is 1. The van der Waals surface area contributed by atoms with Crippen LogP contribution in [0.25, 0.3) is 0 Å². The van der Waals surface area contributed by atoms with Crippen LogP contribution in [0.3, 0.4) is 0 Å². The topological polar surface area (TPSA) is 84.3 Å². The van der Waals surface area contributed by atoms with E-state index in [1.807, 2.05) is 0 Å². The summed E-state index contributed by atoms with van der Waals surface area (Å²) in [6.07, 6.45) is 4.31. The minimum Gasteiger partial charge on any atom is -0.314 e. The van der Waals surface area contributed by atoms with Crippen molar-refractivity contribution in [3.8, 4) is 0 Å². The van der Waals surface area contributed by atoms with Gasteiger partial charge >= 0.3 is 0 Å². The lowest BCUT2D eigenvalue weighted by molar-refractivity contribution is 0.599. The molecule has 0 unspecified atom stereocenters. The number of anilines is 1. The first-order valence-corrected chi connectivity index (χ1v) is 9.39. The summed E-state index contributed by atoms with van der Waals surface area (Å²) < 4.78 is 27.7. The number of unbranched alkanes of at least 4 members (excludes halogenated alkanes) is 2. The van der Waals surface area contributed by atoms with Gasteiger partial charge in [-0.2, -0.15) is 8.42 Å². The second kappa shape index (κ2) is 6.13. The van der Waals surface area contributed by atoms with E-state index in [2.05, 4.69) is 26.8 Å². The smallest absolute Gasteiger partial charge is 0.285 e. The Morgan fingerprint density at radius 2 is 2.00 bits per heavy atom. The van der Waals surface area contributed by atoms with Crippen LogP contribution in [0.2, 0.25) is 0 Å². The molecule has 0 atom stereocenters. The first kappa shape index (κ1) is 15.1. The summed E-state index contributed by atoms with van der Waals surface area (Å²) in [5, 5.41) is 12.7. The van der Waals surface area contributed by atoms with E-state index in [1.54, 1.807) is 24.3 Å². The molecule has 1 N–H and O–H groups in total. The number of rotatable bonds is 5. The van der Waals surface area contributed by atoms with Crippen molar-refractivity contribution in [3.05, 3.63) is 34.8 Å². The highest BCUT2D eigenvalue weighted by molar-refractivity contribution is 7.90. The van der Waals surface area contributed by atoms with Gasteiger partial charge in [-0.25, -0.2) is 0 Å². The van der Waals surface area contributed by atoms with E-state index >= 15 is 0 Å². The average molecular weight is 336 g/mol. The zero-order valence-electron chi connectivity index (χ0n) is 12.1. The van der Waals surface area contributed by atoms with Crippen molar-refractivity contribution < 1.29 is 8.42 Å². The lowest BCUT2D eigenvalue weighted by Crippen LogP contribution is -2.10. The molecule has 0 aliphatic carbocycles. The first-order chi connectivity index (χ1) is 10.6. The Kier molecular flexibility index (Phi) is 4.21. The Balaban J connectivity index is 1.77. The fraction of sp³-hybridized carbons (Fsp3) is 0.357. The van der Waals surface area contributed by atoms with Gasteiger partial charge in [-0.3, -0.25) is 0 Å². The monoisotopic (exact) mass is 336 g/mol. The zero-order chi connectivity index (χ0) is 15.6. The van der Waals surface area contributed by atoms with Crippen LogP contribution < -0.4 is 5.32 Å². The van der Waals surface area contributed by atoms with Gasteiger partial charge < -0.3 is 5.32 Å². The summed E-state index contributed by atoms with van der Waals surface area (Å²) in [6, 6.07) is 6.76. The van der Waals surface area contributed by atoms with Crippen molar-refractivity contribution in [3.63, 3.8) is 0 Å². The van der Waals surface area contributed by atoms with Gasteiger partial charge in [0, 0.05) is 12.0 Å². The Morgan fingerprint density at radius 3 is 2.82 bits per heavy atom. The van der Waals surface area contributed by atoms with E-state index in [4.69, 9.17) is 0 Å². The van der Waals surface area contributed by atoms with Crippen LogP contribution in [0.4, 0.5) is 5.13 Å². The molecule has 2 aromatic rings. The number of hydrogen-bond acceptors (Lipinski definition) is 6. The molecule has 1 aliphatic heterocycles.